The van der Waals surface area contributed by atoms with Crippen molar-refractivity contribution in [3.8, 4) is 5.75 Å². The van der Waals surface area contributed by atoms with E-state index < -0.39 is 0 Å². The number of ether oxygens (including phenoxy) is 1. The summed E-state index contributed by atoms with van der Waals surface area (Å²) >= 11 is 1.60. The molecule has 2 nitrogen and oxygen atoms in total. The van der Waals surface area contributed by atoms with Crippen molar-refractivity contribution in [3.63, 3.8) is 0 Å². The monoisotopic (exact) mass is 298 g/mol. The molecule has 0 amide bonds. The van der Waals surface area contributed by atoms with Crippen LogP contribution < -0.4 is 4.74 Å². The van der Waals surface area contributed by atoms with E-state index in [0.717, 1.165) is 16.2 Å². The third-order valence-electron chi connectivity index (χ3n) is 3.14. The molecule has 0 bridgehead atoms. The molecule has 0 radical (unpaired) electrons. The number of ketones is 1. The third-order valence-corrected chi connectivity index (χ3v) is 3.91. The summed E-state index contributed by atoms with van der Waals surface area (Å²) in [6.07, 6.45) is 5.42. The van der Waals surface area contributed by atoms with E-state index in [-0.39, 0.29) is 5.78 Å². The second-order valence-electron chi connectivity index (χ2n) is 4.68. The molecule has 2 rings (SSSR count). The molecule has 2 aromatic rings. The largest absolute Gasteiger partial charge is 0.496 e. The zero-order chi connectivity index (χ0) is 15.2. The summed E-state index contributed by atoms with van der Waals surface area (Å²) in [5, 5.41) is 0. The highest BCUT2D eigenvalue weighted by molar-refractivity contribution is 7.98. The maximum absolute atomic E-state index is 12.2. The SMILES string of the molecule is COc1cc(C(=O)C=Cc2cccc(C)c2)ccc1SC. The summed E-state index contributed by atoms with van der Waals surface area (Å²) in [7, 11) is 1.62. The molecule has 0 aliphatic carbocycles. The fourth-order valence-corrected chi connectivity index (χ4v) is 2.58. The van der Waals surface area contributed by atoms with Crippen molar-refractivity contribution in [2.24, 2.45) is 0 Å². The molecule has 0 atom stereocenters. The summed E-state index contributed by atoms with van der Waals surface area (Å²) < 4.78 is 5.31. The first-order valence-electron chi connectivity index (χ1n) is 6.65. The lowest BCUT2D eigenvalue weighted by Crippen LogP contribution is -1.96. The molecule has 0 aliphatic heterocycles. The number of thioether (sulfide) groups is 1. The zero-order valence-electron chi connectivity index (χ0n) is 12.4. The van der Waals surface area contributed by atoms with Crippen LogP contribution in [-0.4, -0.2) is 19.1 Å². The standard InChI is InChI=1S/C18H18O2S/c1-13-5-4-6-14(11-13)7-9-16(19)15-8-10-18(21-3)17(12-15)20-2/h4-12H,1-3H3. The number of aryl methyl sites for hydroxylation is 1. The van der Waals surface area contributed by atoms with E-state index in [9.17, 15) is 4.79 Å². The Balaban J connectivity index is 2.20. The molecule has 2 aromatic carbocycles. The van der Waals surface area contributed by atoms with Crippen LogP contribution in [0.5, 0.6) is 5.75 Å². The molecular weight excluding hydrogens is 280 g/mol. The Kier molecular flexibility index (Phi) is 5.23. The van der Waals surface area contributed by atoms with Gasteiger partial charge in [-0.3, -0.25) is 4.79 Å². The number of hydrogen-bond donors (Lipinski definition) is 0. The first-order chi connectivity index (χ1) is 10.1. The summed E-state index contributed by atoms with van der Waals surface area (Å²) in [5.41, 5.74) is 2.83. The van der Waals surface area contributed by atoms with Crippen molar-refractivity contribution in [2.45, 2.75) is 11.8 Å². The maximum Gasteiger partial charge on any atom is 0.185 e. The van der Waals surface area contributed by atoms with Crippen LogP contribution in [0.4, 0.5) is 0 Å². The quantitative estimate of drug-likeness (QED) is 0.457. The Bertz CT molecular complexity index is 675. The van der Waals surface area contributed by atoms with E-state index in [1.54, 1.807) is 31.0 Å². The van der Waals surface area contributed by atoms with Gasteiger partial charge in [0.1, 0.15) is 5.75 Å². The highest BCUT2D eigenvalue weighted by Crippen LogP contribution is 2.28. The Morgan fingerprint density at radius 2 is 2.00 bits per heavy atom. The number of methoxy groups -OCH3 is 1. The predicted octanol–water partition coefficient (Wildman–Crippen LogP) is 4.62. The summed E-state index contributed by atoms with van der Waals surface area (Å²) in [4.78, 5) is 13.2. The summed E-state index contributed by atoms with van der Waals surface area (Å²) in [5.74, 6) is 0.708. The van der Waals surface area contributed by atoms with E-state index in [0.29, 0.717) is 5.56 Å². The van der Waals surface area contributed by atoms with Gasteiger partial charge in [-0.05, 0) is 43.0 Å². The molecule has 0 heterocycles. The number of rotatable bonds is 5. The molecule has 0 unspecified atom stereocenters. The van der Waals surface area contributed by atoms with E-state index in [1.165, 1.54) is 5.56 Å². The van der Waals surface area contributed by atoms with Crippen molar-refractivity contribution in [3.05, 3.63) is 65.2 Å². The molecule has 108 valence electrons. The smallest absolute Gasteiger partial charge is 0.185 e. The Morgan fingerprint density at radius 1 is 1.19 bits per heavy atom. The second kappa shape index (κ2) is 7.14. The predicted molar refractivity (Wildman–Crippen MR) is 89.3 cm³/mol. The van der Waals surface area contributed by atoms with Crippen molar-refractivity contribution in [1.29, 1.82) is 0 Å². The minimum absolute atomic E-state index is 0.0255. The molecule has 0 saturated carbocycles. The molecule has 0 aliphatic rings. The summed E-state index contributed by atoms with van der Waals surface area (Å²) in [6, 6.07) is 13.6. The van der Waals surface area contributed by atoms with Crippen LogP contribution in [0.3, 0.4) is 0 Å². The van der Waals surface area contributed by atoms with Crippen LogP contribution in [0.25, 0.3) is 6.08 Å². The van der Waals surface area contributed by atoms with Crippen LogP contribution in [0.2, 0.25) is 0 Å². The van der Waals surface area contributed by atoms with Gasteiger partial charge in [0.05, 0.1) is 7.11 Å². The van der Waals surface area contributed by atoms with Crippen molar-refractivity contribution >= 4 is 23.6 Å². The van der Waals surface area contributed by atoms with Crippen LogP contribution in [0.1, 0.15) is 21.5 Å². The van der Waals surface area contributed by atoms with E-state index in [1.807, 2.05) is 55.7 Å². The normalized spacial score (nSPS) is 10.8. The summed E-state index contributed by atoms with van der Waals surface area (Å²) in [6.45, 7) is 2.03. The van der Waals surface area contributed by atoms with E-state index in [4.69, 9.17) is 4.74 Å². The zero-order valence-corrected chi connectivity index (χ0v) is 13.2. The van der Waals surface area contributed by atoms with Gasteiger partial charge >= 0.3 is 0 Å². The van der Waals surface area contributed by atoms with Gasteiger partial charge in [0.25, 0.3) is 0 Å². The molecule has 0 N–H and O–H groups in total. The van der Waals surface area contributed by atoms with Gasteiger partial charge in [0.2, 0.25) is 0 Å². The first-order valence-corrected chi connectivity index (χ1v) is 7.87. The number of hydrogen-bond acceptors (Lipinski definition) is 3. The Labute approximate surface area is 129 Å². The van der Waals surface area contributed by atoms with Crippen LogP contribution in [-0.2, 0) is 0 Å². The van der Waals surface area contributed by atoms with Gasteiger partial charge in [-0.2, -0.15) is 0 Å². The maximum atomic E-state index is 12.2. The highest BCUT2D eigenvalue weighted by atomic mass is 32.2. The molecule has 0 fully saturated rings. The molecule has 21 heavy (non-hydrogen) atoms. The van der Waals surface area contributed by atoms with Gasteiger partial charge in [0, 0.05) is 10.5 Å². The Morgan fingerprint density at radius 3 is 2.67 bits per heavy atom. The minimum Gasteiger partial charge on any atom is -0.496 e. The van der Waals surface area contributed by atoms with Gasteiger partial charge in [-0.15, -0.1) is 11.8 Å². The molecule has 0 aromatic heterocycles. The van der Waals surface area contributed by atoms with E-state index >= 15 is 0 Å². The fraction of sp³-hybridized carbons (Fsp3) is 0.167. The number of carbonyl (C=O) groups is 1. The van der Waals surface area contributed by atoms with E-state index in [2.05, 4.69) is 0 Å². The molecular formula is C18H18O2S. The number of benzene rings is 2. The average Bonchev–Trinajstić information content (AvgIpc) is 2.52. The van der Waals surface area contributed by atoms with Gasteiger partial charge in [-0.1, -0.05) is 35.9 Å². The average molecular weight is 298 g/mol. The number of carbonyl (C=O) groups excluding carboxylic acids is 1. The van der Waals surface area contributed by atoms with Crippen LogP contribution in [0, 0.1) is 6.92 Å². The van der Waals surface area contributed by atoms with Crippen LogP contribution >= 0.6 is 11.8 Å². The van der Waals surface area contributed by atoms with Crippen molar-refractivity contribution in [1.82, 2.24) is 0 Å². The first kappa shape index (κ1) is 15.4. The minimum atomic E-state index is -0.0255. The van der Waals surface area contributed by atoms with Gasteiger partial charge in [-0.25, -0.2) is 0 Å². The Hall–Kier alpha value is -2.00. The second-order valence-corrected chi connectivity index (χ2v) is 5.53. The molecule has 3 heteroatoms. The van der Waals surface area contributed by atoms with Crippen molar-refractivity contribution < 1.29 is 9.53 Å². The van der Waals surface area contributed by atoms with Crippen LogP contribution in [0.15, 0.2) is 53.4 Å². The fourth-order valence-electron chi connectivity index (χ4n) is 2.03. The molecule has 0 spiro atoms. The lowest BCUT2D eigenvalue weighted by atomic mass is 10.1. The van der Waals surface area contributed by atoms with Gasteiger partial charge in [0.15, 0.2) is 5.78 Å². The van der Waals surface area contributed by atoms with Gasteiger partial charge < -0.3 is 4.74 Å². The van der Waals surface area contributed by atoms with Crippen molar-refractivity contribution in [2.75, 3.05) is 13.4 Å². The molecule has 0 saturated heterocycles. The highest BCUT2D eigenvalue weighted by Gasteiger charge is 2.07. The number of allylic oxidation sites excluding steroid dienone is 1. The lowest BCUT2D eigenvalue weighted by Gasteiger charge is -2.07. The third kappa shape index (κ3) is 3.99. The lowest BCUT2D eigenvalue weighted by molar-refractivity contribution is 0.104. The topological polar surface area (TPSA) is 26.3 Å².